The molecule has 0 fully saturated rings. The van der Waals surface area contributed by atoms with E-state index in [0.717, 1.165) is 11.4 Å². The van der Waals surface area contributed by atoms with E-state index in [9.17, 15) is 4.79 Å². The third-order valence-corrected chi connectivity index (χ3v) is 3.90. The number of carbonyl (C=O) groups is 1. The number of nitrogens with one attached hydrogen (secondary N) is 1. The lowest BCUT2D eigenvalue weighted by Crippen LogP contribution is -2.45. The van der Waals surface area contributed by atoms with Crippen LogP contribution in [0.15, 0.2) is 28.7 Å². The van der Waals surface area contributed by atoms with Crippen molar-refractivity contribution in [2.45, 2.75) is 26.9 Å². The van der Waals surface area contributed by atoms with Crippen LogP contribution in [0.4, 0.5) is 10.8 Å². The first-order valence-electron chi connectivity index (χ1n) is 7.95. The van der Waals surface area contributed by atoms with Gasteiger partial charge in [0.15, 0.2) is 17.6 Å². The maximum atomic E-state index is 12.4. The summed E-state index contributed by atoms with van der Waals surface area (Å²) in [6.07, 6.45) is -0.223. The zero-order chi connectivity index (χ0) is 17.1. The third-order valence-electron chi connectivity index (χ3n) is 3.90. The van der Waals surface area contributed by atoms with Crippen molar-refractivity contribution in [3.63, 3.8) is 0 Å². The minimum absolute atomic E-state index is 0.208. The Labute approximate surface area is 140 Å². The van der Waals surface area contributed by atoms with Crippen LogP contribution in [-0.2, 0) is 0 Å². The molecule has 0 unspecified atom stereocenters. The van der Waals surface area contributed by atoms with Crippen LogP contribution in [-0.4, -0.2) is 41.7 Å². The summed E-state index contributed by atoms with van der Waals surface area (Å²) in [7, 11) is 0. The monoisotopic (exact) mass is 331 g/mol. The minimum Gasteiger partial charge on any atom is -0.486 e. The van der Waals surface area contributed by atoms with Gasteiger partial charge in [0.2, 0.25) is 0 Å². The van der Waals surface area contributed by atoms with Gasteiger partial charge in [-0.25, -0.2) is 4.79 Å². The molecular formula is C17H21N3O4. The average molecular weight is 331 g/mol. The Hall–Kier alpha value is -2.70. The molecule has 3 rings (SSSR count). The maximum Gasteiger partial charge on any atom is 0.325 e. The predicted molar refractivity (Wildman–Crippen MR) is 88.6 cm³/mol. The van der Waals surface area contributed by atoms with Crippen LogP contribution in [0.5, 0.6) is 11.5 Å². The molecule has 1 N–H and O–H groups in total. The van der Waals surface area contributed by atoms with E-state index in [1.54, 1.807) is 11.8 Å². The molecule has 128 valence electrons. The maximum absolute atomic E-state index is 12.4. The van der Waals surface area contributed by atoms with Gasteiger partial charge >= 0.3 is 12.0 Å². The molecule has 1 aromatic heterocycles. The highest BCUT2D eigenvalue weighted by atomic mass is 16.6. The molecule has 2 heterocycles. The molecule has 1 aromatic carbocycles. The second-order valence-electron chi connectivity index (χ2n) is 5.63. The summed E-state index contributed by atoms with van der Waals surface area (Å²) in [5.41, 5.74) is 0.758. The van der Waals surface area contributed by atoms with E-state index < -0.39 is 0 Å². The summed E-state index contributed by atoms with van der Waals surface area (Å²) < 4.78 is 17.0. The molecule has 1 aliphatic rings. The van der Waals surface area contributed by atoms with Crippen LogP contribution in [0.1, 0.15) is 18.4 Å². The Morgan fingerprint density at radius 1 is 1.33 bits per heavy atom. The largest absolute Gasteiger partial charge is 0.486 e. The van der Waals surface area contributed by atoms with Gasteiger partial charge in [-0.15, -0.1) is 0 Å². The summed E-state index contributed by atoms with van der Waals surface area (Å²) in [4.78, 5) is 18.2. The van der Waals surface area contributed by atoms with Crippen LogP contribution < -0.4 is 14.8 Å². The van der Waals surface area contributed by atoms with E-state index in [1.807, 2.05) is 38.1 Å². The number of para-hydroxylation sites is 2. The number of carbonyl (C=O) groups excluding carboxylic acids is 1. The lowest BCUT2D eigenvalue weighted by Gasteiger charge is -2.30. The first-order chi connectivity index (χ1) is 11.6. The number of aromatic nitrogens is 1. The van der Waals surface area contributed by atoms with E-state index >= 15 is 0 Å². The Balaban J connectivity index is 1.61. The fourth-order valence-electron chi connectivity index (χ4n) is 2.45. The second kappa shape index (κ2) is 6.82. The summed E-state index contributed by atoms with van der Waals surface area (Å²) in [5, 5.41) is 2.68. The molecule has 0 saturated carbocycles. The zero-order valence-corrected chi connectivity index (χ0v) is 14.0. The number of ether oxygens (including phenoxy) is 2. The van der Waals surface area contributed by atoms with Crippen molar-refractivity contribution in [1.29, 1.82) is 0 Å². The molecule has 2 amide bonds. The van der Waals surface area contributed by atoms with Crippen molar-refractivity contribution in [2.75, 3.05) is 25.0 Å². The molecular weight excluding hydrogens is 310 g/mol. The van der Waals surface area contributed by atoms with Crippen molar-refractivity contribution >= 4 is 12.0 Å². The highest BCUT2D eigenvalue weighted by Crippen LogP contribution is 2.31. The summed E-state index contributed by atoms with van der Waals surface area (Å²) in [6.45, 7) is 6.89. The van der Waals surface area contributed by atoms with Gasteiger partial charge in [-0.3, -0.25) is 5.32 Å². The minimum atomic E-state index is -0.277. The molecule has 0 aliphatic carbocycles. The average Bonchev–Trinajstić information content (AvgIpc) is 2.89. The smallest absolute Gasteiger partial charge is 0.325 e. The number of amides is 2. The van der Waals surface area contributed by atoms with Crippen LogP contribution in [0.2, 0.25) is 0 Å². The Morgan fingerprint density at radius 2 is 2.08 bits per heavy atom. The topological polar surface area (TPSA) is 76.8 Å². The number of hydrogen-bond acceptors (Lipinski definition) is 5. The number of rotatable bonds is 4. The van der Waals surface area contributed by atoms with E-state index in [1.165, 1.54) is 0 Å². The quantitative estimate of drug-likeness (QED) is 0.932. The molecule has 2 aromatic rings. The number of fused-ring (bicyclic) bond motifs is 1. The lowest BCUT2D eigenvalue weighted by atomic mass is 10.2. The zero-order valence-electron chi connectivity index (χ0n) is 14.0. The summed E-state index contributed by atoms with van der Waals surface area (Å²) >= 11 is 0. The first-order valence-corrected chi connectivity index (χ1v) is 7.95. The lowest BCUT2D eigenvalue weighted by molar-refractivity contribution is 0.0692. The molecule has 7 nitrogen and oxygen atoms in total. The van der Waals surface area contributed by atoms with E-state index in [-0.39, 0.29) is 18.1 Å². The number of likely N-dealkylation sites (N-methyl/N-ethyl adjacent to an activating group) is 1. The molecule has 1 aliphatic heterocycles. The molecule has 0 saturated heterocycles. The number of nitrogens with zero attached hydrogens (tertiary/aromatic N) is 2. The van der Waals surface area contributed by atoms with Crippen molar-refractivity contribution in [1.82, 2.24) is 9.88 Å². The van der Waals surface area contributed by atoms with Gasteiger partial charge in [-0.2, -0.15) is 4.98 Å². The number of hydrogen-bond donors (Lipinski definition) is 1. The normalized spacial score (nSPS) is 15.9. The van der Waals surface area contributed by atoms with Crippen LogP contribution in [0, 0.1) is 13.8 Å². The van der Waals surface area contributed by atoms with E-state index in [0.29, 0.717) is 31.2 Å². The predicted octanol–water partition coefficient (Wildman–Crippen LogP) is 2.99. The van der Waals surface area contributed by atoms with Crippen molar-refractivity contribution in [3.05, 3.63) is 35.7 Å². The fraction of sp³-hybridized carbons (Fsp3) is 0.412. The van der Waals surface area contributed by atoms with Gasteiger partial charge in [-0.1, -0.05) is 12.1 Å². The Bertz CT molecular complexity index is 709. The van der Waals surface area contributed by atoms with Gasteiger partial charge in [0, 0.05) is 6.54 Å². The standard InChI is InChI=1S/C17H21N3O4/c1-4-20(17(21)19-16-18-11(2)12(3)23-16)9-13-10-22-14-7-5-6-8-15(14)24-13/h5-8,13H,4,9-10H2,1-3H3,(H,18,19,21)/t13-/m0/s1. The van der Waals surface area contributed by atoms with Gasteiger partial charge in [0.25, 0.3) is 0 Å². The third kappa shape index (κ3) is 3.45. The highest BCUT2D eigenvalue weighted by molar-refractivity contribution is 5.87. The molecule has 24 heavy (non-hydrogen) atoms. The number of urea groups is 1. The van der Waals surface area contributed by atoms with Gasteiger partial charge in [0.1, 0.15) is 12.4 Å². The van der Waals surface area contributed by atoms with Gasteiger partial charge in [-0.05, 0) is 32.9 Å². The Morgan fingerprint density at radius 3 is 2.75 bits per heavy atom. The van der Waals surface area contributed by atoms with E-state index in [2.05, 4.69) is 10.3 Å². The fourth-order valence-corrected chi connectivity index (χ4v) is 2.45. The number of oxazole rings is 1. The molecule has 0 bridgehead atoms. The molecule has 0 spiro atoms. The molecule has 1 atom stereocenters. The van der Waals surface area contributed by atoms with Gasteiger partial charge < -0.3 is 18.8 Å². The van der Waals surface area contributed by atoms with Gasteiger partial charge in [0.05, 0.1) is 12.2 Å². The Kier molecular flexibility index (Phi) is 4.59. The number of anilines is 1. The SMILES string of the molecule is CCN(C[C@H]1COc2ccccc2O1)C(=O)Nc1nc(C)c(C)o1. The van der Waals surface area contributed by atoms with Crippen molar-refractivity contribution in [3.8, 4) is 11.5 Å². The van der Waals surface area contributed by atoms with Crippen molar-refractivity contribution < 1.29 is 18.7 Å². The van der Waals surface area contributed by atoms with Crippen LogP contribution >= 0.6 is 0 Å². The van der Waals surface area contributed by atoms with Crippen LogP contribution in [0.25, 0.3) is 0 Å². The summed E-state index contributed by atoms with van der Waals surface area (Å²) in [5.74, 6) is 2.12. The molecule has 0 radical (unpaired) electrons. The van der Waals surface area contributed by atoms with Crippen LogP contribution in [0.3, 0.4) is 0 Å². The highest BCUT2D eigenvalue weighted by Gasteiger charge is 2.25. The summed E-state index contributed by atoms with van der Waals surface area (Å²) in [6, 6.07) is 7.44. The van der Waals surface area contributed by atoms with Crippen molar-refractivity contribution in [2.24, 2.45) is 0 Å². The number of aryl methyl sites for hydroxylation is 2. The molecule has 7 heteroatoms. The van der Waals surface area contributed by atoms with E-state index in [4.69, 9.17) is 13.9 Å². The number of benzene rings is 1. The first kappa shape index (κ1) is 16.2. The second-order valence-corrected chi connectivity index (χ2v) is 5.63.